The Kier molecular flexibility index (Phi) is 6.29. The van der Waals surface area contributed by atoms with Crippen LogP contribution in [0.2, 0.25) is 0 Å². The first-order valence-electron chi connectivity index (χ1n) is 6.65. The number of aromatic nitrogens is 1. The van der Waals surface area contributed by atoms with Crippen LogP contribution in [0.25, 0.3) is 0 Å². The Labute approximate surface area is 113 Å². The van der Waals surface area contributed by atoms with Crippen molar-refractivity contribution in [2.24, 2.45) is 5.92 Å². The van der Waals surface area contributed by atoms with Crippen LogP contribution in [-0.4, -0.2) is 34.3 Å². The molecule has 19 heavy (non-hydrogen) atoms. The summed E-state index contributed by atoms with van der Waals surface area (Å²) in [6.45, 7) is 4.89. The van der Waals surface area contributed by atoms with Crippen molar-refractivity contribution in [2.75, 3.05) is 18.5 Å². The van der Waals surface area contributed by atoms with Gasteiger partial charge in [0.2, 0.25) is 0 Å². The van der Waals surface area contributed by atoms with Gasteiger partial charge in [-0.25, -0.2) is 9.78 Å². The van der Waals surface area contributed by atoms with Gasteiger partial charge in [-0.3, -0.25) is 0 Å². The maximum absolute atomic E-state index is 11.1. The number of aromatic carboxylic acids is 1. The van der Waals surface area contributed by atoms with Crippen molar-refractivity contribution in [1.29, 1.82) is 0 Å². The van der Waals surface area contributed by atoms with E-state index in [0.717, 1.165) is 18.5 Å². The molecule has 0 fully saturated rings. The Morgan fingerprint density at radius 3 is 2.79 bits per heavy atom. The lowest BCUT2D eigenvalue weighted by Crippen LogP contribution is -2.14. The molecule has 106 valence electrons. The monoisotopic (exact) mass is 266 g/mol. The molecule has 0 saturated carbocycles. The van der Waals surface area contributed by atoms with Crippen LogP contribution in [-0.2, 0) is 6.42 Å². The van der Waals surface area contributed by atoms with Gasteiger partial charge < -0.3 is 15.5 Å². The second kappa shape index (κ2) is 7.74. The number of hydrogen-bond acceptors (Lipinski definition) is 4. The Balaban J connectivity index is 2.78. The van der Waals surface area contributed by atoms with Gasteiger partial charge in [-0.05, 0) is 30.9 Å². The van der Waals surface area contributed by atoms with Gasteiger partial charge in [0, 0.05) is 18.8 Å². The van der Waals surface area contributed by atoms with E-state index >= 15 is 0 Å². The highest BCUT2D eigenvalue weighted by Gasteiger charge is 2.09. The van der Waals surface area contributed by atoms with Gasteiger partial charge in [0.25, 0.3) is 0 Å². The zero-order valence-electron chi connectivity index (χ0n) is 11.5. The molecule has 1 heterocycles. The van der Waals surface area contributed by atoms with Crippen molar-refractivity contribution in [3.63, 3.8) is 0 Å². The van der Waals surface area contributed by atoms with E-state index < -0.39 is 5.97 Å². The number of aliphatic hydroxyl groups excluding tert-OH is 1. The van der Waals surface area contributed by atoms with Gasteiger partial charge in [-0.15, -0.1) is 0 Å². The molecule has 1 unspecified atom stereocenters. The molecule has 0 spiro atoms. The topological polar surface area (TPSA) is 82.5 Å². The van der Waals surface area contributed by atoms with E-state index in [1.807, 2.05) is 13.8 Å². The standard InChI is InChI=1S/C14H22N2O3/c1-3-4-12-7-11(14(18)19)8-13(16-12)15-9-10(2)5-6-17/h7-8,10,17H,3-6,9H2,1-2H3,(H,15,16)(H,18,19). The molecule has 1 aromatic rings. The van der Waals surface area contributed by atoms with E-state index in [2.05, 4.69) is 10.3 Å². The minimum atomic E-state index is -0.939. The van der Waals surface area contributed by atoms with E-state index in [-0.39, 0.29) is 12.2 Å². The second-order valence-corrected chi connectivity index (χ2v) is 4.79. The van der Waals surface area contributed by atoms with Crippen molar-refractivity contribution >= 4 is 11.8 Å². The highest BCUT2D eigenvalue weighted by atomic mass is 16.4. The summed E-state index contributed by atoms with van der Waals surface area (Å²) in [4.78, 5) is 15.5. The number of carbonyl (C=O) groups is 1. The van der Waals surface area contributed by atoms with Gasteiger partial charge in [0.05, 0.1) is 5.56 Å². The number of anilines is 1. The predicted molar refractivity (Wildman–Crippen MR) is 74.5 cm³/mol. The fraction of sp³-hybridized carbons (Fsp3) is 0.571. The molecule has 0 aliphatic heterocycles. The van der Waals surface area contributed by atoms with E-state index in [1.165, 1.54) is 0 Å². The third kappa shape index (κ3) is 5.26. The minimum Gasteiger partial charge on any atom is -0.478 e. The highest BCUT2D eigenvalue weighted by molar-refractivity contribution is 5.88. The molecule has 5 heteroatoms. The molecule has 1 rings (SSSR count). The van der Waals surface area contributed by atoms with Gasteiger partial charge in [-0.1, -0.05) is 20.3 Å². The zero-order chi connectivity index (χ0) is 14.3. The van der Waals surface area contributed by atoms with E-state index in [9.17, 15) is 4.79 Å². The van der Waals surface area contributed by atoms with Crippen LogP contribution >= 0.6 is 0 Å². The summed E-state index contributed by atoms with van der Waals surface area (Å²) in [5, 5.41) is 21.1. The maximum Gasteiger partial charge on any atom is 0.335 e. The minimum absolute atomic E-state index is 0.159. The largest absolute Gasteiger partial charge is 0.478 e. The van der Waals surface area contributed by atoms with Crippen molar-refractivity contribution in [3.05, 3.63) is 23.4 Å². The van der Waals surface area contributed by atoms with E-state index in [0.29, 0.717) is 24.7 Å². The normalized spacial score (nSPS) is 12.2. The van der Waals surface area contributed by atoms with Crippen molar-refractivity contribution in [3.8, 4) is 0 Å². The number of carboxylic acid groups (broad SMARTS) is 1. The number of pyridine rings is 1. The summed E-state index contributed by atoms with van der Waals surface area (Å²) < 4.78 is 0. The predicted octanol–water partition coefficient (Wildman–Crippen LogP) is 2.16. The van der Waals surface area contributed by atoms with Crippen LogP contribution in [0.15, 0.2) is 12.1 Å². The lowest BCUT2D eigenvalue weighted by atomic mass is 10.1. The Morgan fingerprint density at radius 1 is 1.47 bits per heavy atom. The zero-order valence-corrected chi connectivity index (χ0v) is 11.5. The average molecular weight is 266 g/mol. The molecular weight excluding hydrogens is 244 g/mol. The van der Waals surface area contributed by atoms with Crippen LogP contribution in [0.1, 0.15) is 42.7 Å². The van der Waals surface area contributed by atoms with Gasteiger partial charge in [0.15, 0.2) is 0 Å². The van der Waals surface area contributed by atoms with Crippen LogP contribution < -0.4 is 5.32 Å². The number of carboxylic acids is 1. The molecule has 5 nitrogen and oxygen atoms in total. The van der Waals surface area contributed by atoms with Crippen molar-refractivity contribution in [2.45, 2.75) is 33.1 Å². The molecule has 0 saturated heterocycles. The lowest BCUT2D eigenvalue weighted by molar-refractivity contribution is 0.0696. The molecule has 1 atom stereocenters. The Hall–Kier alpha value is -1.62. The number of nitrogens with zero attached hydrogens (tertiary/aromatic N) is 1. The highest BCUT2D eigenvalue weighted by Crippen LogP contribution is 2.13. The summed E-state index contributed by atoms with van der Waals surface area (Å²) in [5.41, 5.74) is 1.05. The number of aliphatic hydroxyl groups is 1. The van der Waals surface area contributed by atoms with Gasteiger partial charge in [0.1, 0.15) is 5.82 Å². The number of rotatable bonds is 8. The number of aryl methyl sites for hydroxylation is 1. The fourth-order valence-corrected chi connectivity index (χ4v) is 1.79. The van der Waals surface area contributed by atoms with E-state index in [1.54, 1.807) is 12.1 Å². The lowest BCUT2D eigenvalue weighted by Gasteiger charge is -2.13. The van der Waals surface area contributed by atoms with Crippen molar-refractivity contribution in [1.82, 2.24) is 4.98 Å². The summed E-state index contributed by atoms with van der Waals surface area (Å²) >= 11 is 0. The first-order valence-corrected chi connectivity index (χ1v) is 6.65. The summed E-state index contributed by atoms with van der Waals surface area (Å²) in [6, 6.07) is 3.17. The average Bonchev–Trinajstić information content (AvgIpc) is 2.37. The molecule has 0 aliphatic rings. The summed E-state index contributed by atoms with van der Waals surface area (Å²) in [5.74, 6) is -0.0331. The smallest absolute Gasteiger partial charge is 0.335 e. The first kappa shape index (κ1) is 15.4. The Morgan fingerprint density at radius 2 is 2.21 bits per heavy atom. The molecule has 1 aromatic heterocycles. The summed E-state index contributed by atoms with van der Waals surface area (Å²) in [6.07, 6.45) is 2.41. The van der Waals surface area contributed by atoms with Crippen LogP contribution in [0.4, 0.5) is 5.82 Å². The first-order chi connectivity index (χ1) is 9.06. The van der Waals surface area contributed by atoms with Crippen LogP contribution in [0.3, 0.4) is 0 Å². The van der Waals surface area contributed by atoms with E-state index in [4.69, 9.17) is 10.2 Å². The van der Waals surface area contributed by atoms with Crippen LogP contribution in [0.5, 0.6) is 0 Å². The fourth-order valence-electron chi connectivity index (χ4n) is 1.79. The molecule has 0 aliphatic carbocycles. The second-order valence-electron chi connectivity index (χ2n) is 4.79. The third-order valence-corrected chi connectivity index (χ3v) is 2.89. The molecule has 0 aromatic carbocycles. The molecule has 0 radical (unpaired) electrons. The molecule has 3 N–H and O–H groups in total. The quantitative estimate of drug-likeness (QED) is 0.671. The van der Waals surface area contributed by atoms with Gasteiger partial charge >= 0.3 is 5.97 Å². The number of hydrogen-bond donors (Lipinski definition) is 3. The van der Waals surface area contributed by atoms with Gasteiger partial charge in [-0.2, -0.15) is 0 Å². The summed E-state index contributed by atoms with van der Waals surface area (Å²) in [7, 11) is 0. The molecule has 0 bridgehead atoms. The van der Waals surface area contributed by atoms with Crippen LogP contribution in [0, 0.1) is 5.92 Å². The van der Waals surface area contributed by atoms with Crippen molar-refractivity contribution < 1.29 is 15.0 Å². The number of nitrogens with one attached hydrogen (secondary N) is 1. The Bertz CT molecular complexity index is 421. The molecular formula is C14H22N2O3. The SMILES string of the molecule is CCCc1cc(C(=O)O)cc(NCC(C)CCO)n1. The maximum atomic E-state index is 11.1. The third-order valence-electron chi connectivity index (χ3n) is 2.89. The molecule has 0 amide bonds.